The van der Waals surface area contributed by atoms with E-state index in [0.29, 0.717) is 66.2 Å². The van der Waals surface area contributed by atoms with Gasteiger partial charge in [-0.25, -0.2) is 33.7 Å². The van der Waals surface area contributed by atoms with E-state index in [-0.39, 0.29) is 123 Å². The number of anilines is 1. The first-order chi connectivity index (χ1) is 50.5. The number of cyclic esters (lactones) is 1. The molecule has 0 aromatic heterocycles. The van der Waals surface area contributed by atoms with Crippen molar-refractivity contribution in [1.29, 1.82) is 0 Å². The molecule has 30 nitrogen and oxygen atoms in total. The number of carboxylic acid groups (broad SMARTS) is 4. The molecule has 3 aromatic rings. The minimum Gasteiger partial charge on any atom is -0.399 e. The zero-order valence-corrected chi connectivity index (χ0v) is 74.4. The Morgan fingerprint density at radius 2 is 1.20 bits per heavy atom. The molecule has 5 aliphatic rings. The molecule has 0 aliphatic carbocycles. The molecule has 5 fully saturated rings. The number of carbonyl (C=O) groups is 10. The molecule has 1 radical (unpaired) electrons. The fourth-order valence-electron chi connectivity index (χ4n) is 8.30. The average molecular weight is 1930 g/mol. The normalized spacial score (nSPS) is 18.7. The second kappa shape index (κ2) is 60.7. The minimum atomic E-state index is -1.62. The van der Waals surface area contributed by atoms with E-state index < -0.39 is 70.3 Å². The quantitative estimate of drug-likeness (QED) is 0.00545. The summed E-state index contributed by atoms with van der Waals surface area (Å²) in [6, 6.07) is 14.8. The standard InChI is InChI=1S/C13H14BrNO2.C13H13NO2.C9H12BrNO3.C9H13NO3.C8H8N2.C5H9NO2.2C4H7BrO3.C4H4ClO.CH3F.CH4.BHNS.BrH.H3N2O.Na/c1-9-6-10(4-5-11(9)15-3)7-12(16)13(2,17)8-14;1-9-6-10(4-5-11(9)14-3)7-12(15)13(2)8-16-13;1-9(5-10)8(13)11-4-2-3-6(11)7(12)14-9;1-6(2)8(11)10-5-3-4-7(10)9(12)13;1-6-5-7(9)3-4-8(6)10-2;7-5(8)4-2-1-3-6-4;2*1-4(8,2-5)3(6)7;1-3(2)4(5)6;1-2;;1-2-3;;1-2-3;/h4-6,17H,7-8H2,1-2H3;4-6H,7-8H2,1-2H3;6H,2-5H2,1H3;7H,1,3-5H2,2H3,(H,12,13);3-5H,9H2,1H3;4,6H,1-3H2,(H,7,8);2*8H,2H2,1H3,(H,6,7);1H,2H3;1H3;1H4;3H;1H;3H,1H2;/q;;;;;;;;+1;;;;;-1;+1/t2*13-;6?,9-;7-;;3*4-;;;;;;;/m0001.100......./s1/i;;;;;;;;;1D;;;;;. The fraction of sp³-hybridized carbons (Fsp3) is 0.507. The number of hydrogen-bond donors (Lipinski definition) is 12. The molecule has 0 saturated carbocycles. The Bertz CT molecular complexity index is 3670. The molecule has 1 unspecified atom stereocenters. The van der Waals surface area contributed by atoms with Crippen LogP contribution in [0, 0.1) is 47.1 Å². The molecular weight excluding hydrogens is 1830 g/mol. The number of halogens is 7. The number of aliphatic hydroxyl groups is 3. The number of allylic oxidation sites excluding steroid dienone is 1. The number of alkyl halides is 5. The summed E-state index contributed by atoms with van der Waals surface area (Å²) in [6.07, 6.45) is 5.29. The van der Waals surface area contributed by atoms with Gasteiger partial charge in [0.1, 0.15) is 29.3 Å². The van der Waals surface area contributed by atoms with Gasteiger partial charge < -0.3 is 82.7 Å². The fourth-order valence-corrected chi connectivity index (χ4v) is 9.45. The van der Waals surface area contributed by atoms with E-state index in [0.717, 1.165) is 66.5 Å². The number of esters is 1. The van der Waals surface area contributed by atoms with Crippen LogP contribution in [0.2, 0.25) is 0 Å². The SMILES string of the molecule is Br.C.C=C(C)C(=O)N1CCC[C@@H]1C(=O)O.C[C@@]1(CBr)OC(=O)C2CCCN2C1=O.C[C@](O)(CBr)C(=O)O.C[C@](O)(CBr)C(=O)O.N[N-]O.O=C(O)[C@H]1CCCN1.[2H]CF.[B]=NS.[C-]#[N+]c1ccc(CC(=O)[C@@](C)(O)CBr)cc1C.[C-]#[N+]c1ccc(CC(=O)[C@]2(C)CO2)cc1C.[C-]#[N+]c1ccc(N)cc1C.[CH+]=C(C)C(=O)Cl.[Na+]. The number of carboxylic acids is 4. The maximum atomic E-state index is 11.9. The molecule has 5 aliphatic heterocycles. The van der Waals surface area contributed by atoms with Crippen LogP contribution < -0.4 is 46.5 Å². The smallest absolute Gasteiger partial charge is 0.399 e. The van der Waals surface area contributed by atoms with E-state index in [4.69, 9.17) is 90.3 Å². The molecule has 13 N–H and O–H groups in total. The van der Waals surface area contributed by atoms with Crippen molar-refractivity contribution in [3.05, 3.63) is 147 Å². The maximum absolute atomic E-state index is 11.9. The van der Waals surface area contributed by atoms with Crippen molar-refractivity contribution >= 4 is 194 Å². The molecule has 611 valence electrons. The van der Waals surface area contributed by atoms with Crippen molar-refractivity contribution in [1.82, 2.24) is 15.1 Å². The second-order valence-electron chi connectivity index (χ2n) is 24.6. The summed E-state index contributed by atoms with van der Waals surface area (Å²) in [5.41, 5.74) is 8.97. The van der Waals surface area contributed by atoms with Gasteiger partial charge in [-0.05, 0) is 147 Å². The molecule has 8 rings (SSSR count). The van der Waals surface area contributed by atoms with Crippen LogP contribution in [0.3, 0.4) is 0 Å². The summed E-state index contributed by atoms with van der Waals surface area (Å²) < 4.78 is 28.5. The average Bonchev–Trinajstić information content (AvgIpc) is 1.51. The number of ketones is 2. The minimum absolute atomic E-state index is 0. The first-order valence-electron chi connectivity index (χ1n) is 32.4. The number of ether oxygens (including phenoxy) is 2. The summed E-state index contributed by atoms with van der Waals surface area (Å²) in [5, 5.41) is 70.7. The third kappa shape index (κ3) is 45.7. The second-order valence-corrected chi connectivity index (χ2v) is 27.4. The largest absolute Gasteiger partial charge is 1.00 e. The molecule has 5 saturated heterocycles. The van der Waals surface area contributed by atoms with Gasteiger partial charge in [-0.1, -0.05) is 120 Å². The summed E-state index contributed by atoms with van der Waals surface area (Å²) >= 11 is 20.0. The van der Waals surface area contributed by atoms with E-state index in [9.17, 15) is 57.4 Å². The zero-order chi connectivity index (χ0) is 85.6. The number of nitrogen functional groups attached to an aromatic ring is 1. The van der Waals surface area contributed by atoms with Crippen molar-refractivity contribution in [3.63, 3.8) is 0 Å². The number of fused-ring (bicyclic) bond motifs is 1. The van der Waals surface area contributed by atoms with Crippen LogP contribution in [0.15, 0.2) is 76.6 Å². The number of epoxide rings is 1. The van der Waals surface area contributed by atoms with E-state index >= 15 is 0 Å². The van der Waals surface area contributed by atoms with Gasteiger partial charge >= 0.3 is 89.4 Å². The summed E-state index contributed by atoms with van der Waals surface area (Å²) in [7, 11) is 3.34. The van der Waals surface area contributed by atoms with Crippen molar-refractivity contribution in [2.75, 3.05) is 60.4 Å². The van der Waals surface area contributed by atoms with Gasteiger partial charge in [-0.2, -0.15) is 4.79 Å². The van der Waals surface area contributed by atoms with Crippen molar-refractivity contribution < 1.29 is 134 Å². The van der Waals surface area contributed by atoms with Crippen LogP contribution in [0.1, 0.15) is 124 Å². The number of thiol groups is 1. The zero-order valence-electron chi connectivity index (χ0n) is 63.7. The number of rotatable bonds is 16. The predicted molar refractivity (Wildman–Crippen MR) is 441 cm³/mol. The molecule has 0 spiro atoms. The Morgan fingerprint density at radius 3 is 1.50 bits per heavy atom. The van der Waals surface area contributed by atoms with E-state index in [1.165, 1.54) is 32.6 Å². The van der Waals surface area contributed by atoms with Crippen LogP contribution >= 0.6 is 105 Å². The monoisotopic (exact) mass is 1930 g/mol. The van der Waals surface area contributed by atoms with Gasteiger partial charge in [0.25, 0.3) is 5.91 Å². The Morgan fingerprint density at radius 1 is 0.802 bits per heavy atom. The number of carbonyl (C=O) groups excluding carboxylic acids is 6. The summed E-state index contributed by atoms with van der Waals surface area (Å²) in [4.78, 5) is 122. The predicted octanol–water partition coefficient (Wildman–Crippen LogP) is 8.70. The van der Waals surface area contributed by atoms with E-state index in [1.807, 2.05) is 51.5 Å². The number of hydrogen-bond acceptors (Lipinski definition) is 21. The van der Waals surface area contributed by atoms with Gasteiger partial charge in [-0.3, -0.25) is 28.4 Å². The number of aliphatic carboxylic acids is 4. The molecule has 2 amide bonds. The van der Waals surface area contributed by atoms with Gasteiger partial charge in [0.2, 0.25) is 11.5 Å². The third-order valence-electron chi connectivity index (χ3n) is 15.0. The van der Waals surface area contributed by atoms with Gasteiger partial charge in [0.05, 0.1) is 58.4 Å². The van der Waals surface area contributed by atoms with Gasteiger partial charge in [-0.15, -0.1) is 17.0 Å². The van der Waals surface area contributed by atoms with E-state index in [2.05, 4.69) is 121 Å². The molecule has 3 aromatic carbocycles. The number of aryl methyl sites for hydroxylation is 3. The van der Waals surface area contributed by atoms with Crippen LogP contribution in [-0.2, 0) is 70.3 Å². The summed E-state index contributed by atoms with van der Waals surface area (Å²) in [6.45, 7) is 47.7. The van der Waals surface area contributed by atoms with Crippen molar-refractivity contribution in [3.8, 4) is 0 Å². The number of nitrogens with two attached hydrogens (primary N) is 2. The maximum Gasteiger partial charge on any atom is 1.00 e. The van der Waals surface area contributed by atoms with Gasteiger partial charge in [0.15, 0.2) is 45.4 Å². The van der Waals surface area contributed by atoms with Crippen LogP contribution in [-0.4, -0.2) is 218 Å². The Balaban J connectivity index is -0.000000221. The number of benzene rings is 3. The number of nitrogens with one attached hydrogen (secondary N) is 1. The molecular formula is C71H99BBr5ClFN10NaO20S+. The Kier molecular flexibility index (Phi) is 63.4. The van der Waals surface area contributed by atoms with Gasteiger partial charge in [0, 0.05) is 60.1 Å². The molecule has 40 heteroatoms. The molecule has 8 atom stereocenters. The topological polar surface area (TPSA) is 464 Å². The first-order valence-corrected chi connectivity index (χ1v) is 37.0. The molecule has 0 bridgehead atoms. The number of likely N-dealkylation sites (tertiary alicyclic amines) is 1. The van der Waals surface area contributed by atoms with Crippen molar-refractivity contribution in [2.45, 2.75) is 174 Å². The summed E-state index contributed by atoms with van der Waals surface area (Å²) in [5.74, 6) is -0.740. The number of amides is 2. The van der Waals surface area contributed by atoms with Crippen molar-refractivity contribution in [2.24, 2.45) is 10.1 Å². The molecule has 5 heterocycles. The van der Waals surface area contributed by atoms with Crippen LogP contribution in [0.4, 0.5) is 27.1 Å². The number of morpholine rings is 1. The molecule has 111 heavy (non-hydrogen) atoms. The van der Waals surface area contributed by atoms with Crippen LogP contribution in [0.25, 0.3) is 20.1 Å². The number of nitrogens with zero attached hydrogens (tertiary/aromatic N) is 7. The van der Waals surface area contributed by atoms with E-state index in [1.54, 1.807) is 55.1 Å². The van der Waals surface area contributed by atoms with Crippen LogP contribution in [0.5, 0.6) is 0 Å². The first kappa shape index (κ1) is 116. The number of Topliss-reactive ketones (excluding diaryl/α,β-unsaturated/α-hetero) is 2. The third-order valence-corrected chi connectivity index (χ3v) is 19.6. The Labute approximate surface area is 727 Å². The Hall–Kier alpha value is -5.87.